The fraction of sp³-hybridized carbons (Fsp3) is 0.286. The molecule has 1 unspecified atom stereocenters. The molecule has 3 heterocycles. The van der Waals surface area contributed by atoms with Crippen LogP contribution in [0.4, 0.5) is 5.13 Å². The number of piperidine rings is 1. The van der Waals surface area contributed by atoms with Crippen LogP contribution in [0.25, 0.3) is 0 Å². The van der Waals surface area contributed by atoms with Crippen molar-refractivity contribution in [2.24, 2.45) is 0 Å². The molecule has 0 radical (unpaired) electrons. The molecule has 1 fully saturated rings. The van der Waals surface area contributed by atoms with Crippen molar-refractivity contribution >= 4 is 39.6 Å². The Morgan fingerprint density at radius 1 is 1.14 bits per heavy atom. The molecule has 3 aromatic rings. The topological polar surface area (TPSA) is 62.3 Å². The molecule has 1 atom stereocenters. The molecular weight excluding hydrogens is 390 g/mol. The monoisotopic (exact) mass is 411 g/mol. The first-order chi connectivity index (χ1) is 13.7. The molecule has 0 aliphatic carbocycles. The summed E-state index contributed by atoms with van der Waals surface area (Å²) >= 11 is 2.90. The summed E-state index contributed by atoms with van der Waals surface area (Å²) in [6.07, 6.45) is 5.16. The van der Waals surface area contributed by atoms with Gasteiger partial charge in [-0.05, 0) is 36.3 Å². The van der Waals surface area contributed by atoms with Gasteiger partial charge in [0.15, 0.2) is 5.13 Å². The van der Waals surface area contributed by atoms with Crippen molar-refractivity contribution in [2.75, 3.05) is 11.9 Å². The lowest BCUT2D eigenvalue weighted by molar-refractivity contribution is -0.121. The maximum Gasteiger partial charge on any atom is 0.264 e. The van der Waals surface area contributed by atoms with E-state index in [1.807, 2.05) is 41.9 Å². The van der Waals surface area contributed by atoms with Crippen LogP contribution in [0.2, 0.25) is 0 Å². The van der Waals surface area contributed by atoms with E-state index in [9.17, 15) is 9.59 Å². The van der Waals surface area contributed by atoms with Crippen LogP contribution < -0.4 is 5.32 Å². The normalized spacial score (nSPS) is 16.7. The van der Waals surface area contributed by atoms with Crippen LogP contribution >= 0.6 is 22.7 Å². The van der Waals surface area contributed by atoms with Crippen LogP contribution in [-0.4, -0.2) is 34.3 Å². The summed E-state index contributed by atoms with van der Waals surface area (Å²) in [5.74, 6) is -0.205. The standard InChI is InChI=1S/C21H21N3O2S2/c25-19(17-9-4-5-11-24(17)20(26)18-10-6-12-27-18)23-21-22-14-16(28-21)13-15-7-2-1-3-8-15/h1-3,6-8,10,12,14,17H,4-5,9,11,13H2,(H,22,23,25). The van der Waals surface area contributed by atoms with Crippen molar-refractivity contribution in [2.45, 2.75) is 31.7 Å². The highest BCUT2D eigenvalue weighted by molar-refractivity contribution is 7.15. The average molecular weight is 412 g/mol. The maximum atomic E-state index is 12.9. The number of hydrogen-bond acceptors (Lipinski definition) is 5. The number of rotatable bonds is 5. The zero-order chi connectivity index (χ0) is 19.3. The minimum Gasteiger partial charge on any atom is -0.326 e. The van der Waals surface area contributed by atoms with Gasteiger partial charge in [-0.2, -0.15) is 0 Å². The lowest BCUT2D eigenvalue weighted by Crippen LogP contribution is -2.49. The second-order valence-electron chi connectivity index (χ2n) is 6.77. The van der Waals surface area contributed by atoms with Gasteiger partial charge in [-0.1, -0.05) is 36.4 Å². The van der Waals surface area contributed by atoms with Crippen molar-refractivity contribution in [3.05, 3.63) is 69.4 Å². The molecule has 0 spiro atoms. The molecule has 144 valence electrons. The number of carbonyl (C=O) groups excluding carboxylic acids is 2. The molecule has 1 aliphatic rings. The fourth-order valence-corrected chi connectivity index (χ4v) is 4.95. The molecule has 28 heavy (non-hydrogen) atoms. The second-order valence-corrected chi connectivity index (χ2v) is 8.83. The molecule has 2 aromatic heterocycles. The van der Waals surface area contributed by atoms with E-state index >= 15 is 0 Å². The number of nitrogens with one attached hydrogen (secondary N) is 1. The minimum absolute atomic E-state index is 0.0567. The van der Waals surface area contributed by atoms with Crippen LogP contribution in [0.1, 0.15) is 39.4 Å². The van der Waals surface area contributed by atoms with Crippen LogP contribution in [0.15, 0.2) is 54.0 Å². The van der Waals surface area contributed by atoms with Gasteiger partial charge in [0.2, 0.25) is 5.91 Å². The fourth-order valence-electron chi connectivity index (χ4n) is 3.42. The van der Waals surface area contributed by atoms with Gasteiger partial charge in [0.25, 0.3) is 5.91 Å². The quantitative estimate of drug-likeness (QED) is 0.676. The molecule has 0 bridgehead atoms. The van der Waals surface area contributed by atoms with Crippen LogP contribution in [0, 0.1) is 0 Å². The number of benzene rings is 1. The number of thiophene rings is 1. The Morgan fingerprint density at radius 3 is 2.79 bits per heavy atom. The van der Waals surface area contributed by atoms with Crippen molar-refractivity contribution < 1.29 is 9.59 Å². The van der Waals surface area contributed by atoms with Crippen molar-refractivity contribution in [1.29, 1.82) is 0 Å². The lowest BCUT2D eigenvalue weighted by Gasteiger charge is -2.34. The van der Waals surface area contributed by atoms with Gasteiger partial charge < -0.3 is 10.2 Å². The third-order valence-electron chi connectivity index (χ3n) is 4.80. The maximum absolute atomic E-state index is 12.9. The first-order valence-corrected chi connectivity index (χ1v) is 11.0. The smallest absolute Gasteiger partial charge is 0.264 e. The first kappa shape index (κ1) is 18.8. The lowest BCUT2D eigenvalue weighted by atomic mass is 10.0. The van der Waals surface area contributed by atoms with Gasteiger partial charge in [0.1, 0.15) is 6.04 Å². The van der Waals surface area contributed by atoms with Crippen LogP contribution in [-0.2, 0) is 11.2 Å². The molecule has 1 N–H and O–H groups in total. The summed E-state index contributed by atoms with van der Waals surface area (Å²) in [5, 5.41) is 5.40. The van der Waals surface area contributed by atoms with Gasteiger partial charge in [-0.25, -0.2) is 4.98 Å². The number of aromatic nitrogens is 1. The van der Waals surface area contributed by atoms with Gasteiger partial charge in [0, 0.05) is 24.0 Å². The summed E-state index contributed by atoms with van der Waals surface area (Å²) in [7, 11) is 0. The highest BCUT2D eigenvalue weighted by Crippen LogP contribution is 2.25. The average Bonchev–Trinajstić information content (AvgIpc) is 3.41. The SMILES string of the molecule is O=C(Nc1ncc(Cc2ccccc2)s1)C1CCCCN1C(=O)c1cccs1. The van der Waals surface area contributed by atoms with Crippen LogP contribution in [0.5, 0.6) is 0 Å². The minimum atomic E-state index is -0.440. The Balaban J connectivity index is 1.42. The van der Waals surface area contributed by atoms with E-state index in [0.717, 1.165) is 24.1 Å². The Bertz CT molecular complexity index is 938. The summed E-state index contributed by atoms with van der Waals surface area (Å²) in [5.41, 5.74) is 1.21. The number of nitrogens with zero attached hydrogens (tertiary/aromatic N) is 2. The predicted molar refractivity (Wildman–Crippen MR) is 113 cm³/mol. The number of anilines is 1. The summed E-state index contributed by atoms with van der Waals surface area (Å²) in [6, 6.07) is 13.4. The third kappa shape index (κ3) is 4.31. The Labute approximate surface area is 172 Å². The number of thiazole rings is 1. The Kier molecular flexibility index (Phi) is 5.83. The highest BCUT2D eigenvalue weighted by Gasteiger charge is 2.33. The third-order valence-corrected chi connectivity index (χ3v) is 6.57. The van der Waals surface area contributed by atoms with E-state index in [1.54, 1.807) is 4.90 Å². The predicted octanol–water partition coefficient (Wildman–Crippen LogP) is 4.43. The number of carbonyl (C=O) groups is 2. The summed E-state index contributed by atoms with van der Waals surface area (Å²) in [4.78, 5) is 33.5. The van der Waals surface area contributed by atoms with E-state index in [4.69, 9.17) is 0 Å². The zero-order valence-electron chi connectivity index (χ0n) is 15.3. The number of hydrogen-bond donors (Lipinski definition) is 1. The molecule has 7 heteroatoms. The Hall–Kier alpha value is -2.51. The van der Waals surface area contributed by atoms with Crippen molar-refractivity contribution in [3.63, 3.8) is 0 Å². The molecule has 2 amide bonds. The van der Waals surface area contributed by atoms with E-state index < -0.39 is 6.04 Å². The number of likely N-dealkylation sites (tertiary alicyclic amines) is 1. The zero-order valence-corrected chi connectivity index (χ0v) is 17.0. The van der Waals surface area contributed by atoms with Gasteiger partial charge in [-0.3, -0.25) is 9.59 Å². The molecule has 5 nitrogen and oxygen atoms in total. The van der Waals surface area contributed by atoms with E-state index in [-0.39, 0.29) is 11.8 Å². The van der Waals surface area contributed by atoms with Gasteiger partial charge in [0.05, 0.1) is 4.88 Å². The van der Waals surface area contributed by atoms with E-state index in [2.05, 4.69) is 22.4 Å². The van der Waals surface area contributed by atoms with E-state index in [1.165, 1.54) is 28.2 Å². The summed E-state index contributed by atoms with van der Waals surface area (Å²) in [6.45, 7) is 0.617. The van der Waals surface area contributed by atoms with Gasteiger partial charge >= 0.3 is 0 Å². The largest absolute Gasteiger partial charge is 0.326 e. The summed E-state index contributed by atoms with van der Waals surface area (Å²) < 4.78 is 0. The van der Waals surface area contributed by atoms with Crippen LogP contribution in [0.3, 0.4) is 0 Å². The van der Waals surface area contributed by atoms with Gasteiger partial charge in [-0.15, -0.1) is 22.7 Å². The molecule has 0 saturated carbocycles. The molecular formula is C21H21N3O2S2. The van der Waals surface area contributed by atoms with E-state index in [0.29, 0.717) is 23.0 Å². The second kappa shape index (κ2) is 8.67. The number of amides is 2. The first-order valence-electron chi connectivity index (χ1n) is 9.34. The highest BCUT2D eigenvalue weighted by atomic mass is 32.1. The molecule has 1 aromatic carbocycles. The molecule has 1 aliphatic heterocycles. The molecule has 4 rings (SSSR count). The Morgan fingerprint density at radius 2 is 2.00 bits per heavy atom. The molecule has 1 saturated heterocycles. The van der Waals surface area contributed by atoms with Crippen molar-refractivity contribution in [1.82, 2.24) is 9.88 Å². The van der Waals surface area contributed by atoms with Crippen molar-refractivity contribution in [3.8, 4) is 0 Å².